The molecule has 1 heterocycles. The lowest BCUT2D eigenvalue weighted by atomic mass is 10.1. The Morgan fingerprint density at radius 3 is 3.00 bits per heavy atom. The number of benzene rings is 1. The number of nitrogens with zero attached hydrogens (tertiary/aromatic N) is 1. The van der Waals surface area contributed by atoms with E-state index >= 15 is 0 Å². The third-order valence-corrected chi connectivity index (χ3v) is 2.97. The fraction of sp³-hybridized carbons (Fsp3) is 0.357. The topological polar surface area (TPSA) is 71.2 Å². The summed E-state index contributed by atoms with van der Waals surface area (Å²) in [6, 6.07) is 7.56. The Balaban J connectivity index is 2.24. The number of phenols is 1. The fourth-order valence-electron chi connectivity index (χ4n) is 2.00. The third-order valence-electron chi connectivity index (χ3n) is 2.97. The second-order valence-electron chi connectivity index (χ2n) is 4.54. The van der Waals surface area contributed by atoms with Gasteiger partial charge < -0.3 is 16.2 Å². The first kappa shape index (κ1) is 12.6. The van der Waals surface area contributed by atoms with Gasteiger partial charge in [-0.25, -0.2) is 4.98 Å². The summed E-state index contributed by atoms with van der Waals surface area (Å²) in [5, 5.41) is 14.9. The van der Waals surface area contributed by atoms with Crippen LogP contribution in [0.2, 0.25) is 0 Å². The van der Waals surface area contributed by atoms with Crippen molar-refractivity contribution in [3.05, 3.63) is 30.5 Å². The Bertz CT molecular complexity index is 527. The van der Waals surface area contributed by atoms with E-state index in [1.165, 1.54) is 0 Å². The number of rotatable bonds is 5. The van der Waals surface area contributed by atoms with Crippen LogP contribution >= 0.6 is 0 Å². The molecule has 1 unspecified atom stereocenters. The first-order valence-corrected chi connectivity index (χ1v) is 6.25. The molecule has 1 aromatic heterocycles. The summed E-state index contributed by atoms with van der Waals surface area (Å²) >= 11 is 0. The first-order chi connectivity index (χ1) is 8.70. The highest BCUT2D eigenvalue weighted by atomic mass is 16.3. The van der Waals surface area contributed by atoms with Gasteiger partial charge in [0.2, 0.25) is 0 Å². The van der Waals surface area contributed by atoms with E-state index in [4.69, 9.17) is 5.73 Å². The number of phenolic OH excluding ortho intramolecular Hbond substituents is 1. The molecule has 0 amide bonds. The van der Waals surface area contributed by atoms with Crippen LogP contribution in [0.4, 0.5) is 5.82 Å². The largest absolute Gasteiger partial charge is 0.508 e. The van der Waals surface area contributed by atoms with Crippen molar-refractivity contribution in [2.45, 2.75) is 25.8 Å². The van der Waals surface area contributed by atoms with Gasteiger partial charge in [-0.15, -0.1) is 0 Å². The van der Waals surface area contributed by atoms with E-state index in [0.717, 1.165) is 29.4 Å². The van der Waals surface area contributed by atoms with E-state index in [2.05, 4.69) is 17.2 Å². The van der Waals surface area contributed by atoms with Crippen molar-refractivity contribution < 1.29 is 5.11 Å². The van der Waals surface area contributed by atoms with E-state index in [1.54, 1.807) is 18.3 Å². The van der Waals surface area contributed by atoms with Gasteiger partial charge in [-0.05, 0) is 49.9 Å². The quantitative estimate of drug-likeness (QED) is 0.756. The molecule has 96 valence electrons. The average Bonchev–Trinajstić information content (AvgIpc) is 2.37. The molecular weight excluding hydrogens is 226 g/mol. The highest BCUT2D eigenvalue weighted by molar-refractivity contribution is 5.92. The number of anilines is 1. The zero-order valence-electron chi connectivity index (χ0n) is 10.6. The monoisotopic (exact) mass is 245 g/mol. The Labute approximate surface area is 107 Å². The van der Waals surface area contributed by atoms with Crippen molar-refractivity contribution in [2.75, 3.05) is 11.9 Å². The molecule has 0 radical (unpaired) electrons. The van der Waals surface area contributed by atoms with Crippen molar-refractivity contribution in [1.29, 1.82) is 0 Å². The molecule has 0 saturated heterocycles. The Morgan fingerprint density at radius 2 is 2.22 bits per heavy atom. The average molecular weight is 245 g/mol. The van der Waals surface area contributed by atoms with Gasteiger partial charge in [-0.3, -0.25) is 0 Å². The van der Waals surface area contributed by atoms with Crippen LogP contribution in [-0.2, 0) is 0 Å². The number of aromatic hydroxyl groups is 1. The molecule has 1 aromatic carbocycles. The standard InChI is InChI=1S/C14H19N3O/c1-10(3-2-7-15)17-14-13-9-12(18)5-4-11(13)6-8-16-14/h4-6,8-10,18H,2-3,7,15H2,1H3,(H,16,17). The molecule has 2 aromatic rings. The normalized spacial score (nSPS) is 12.6. The van der Waals surface area contributed by atoms with Crippen molar-refractivity contribution >= 4 is 16.6 Å². The van der Waals surface area contributed by atoms with Gasteiger partial charge >= 0.3 is 0 Å². The predicted octanol–water partition coefficient (Wildman–Crippen LogP) is 2.48. The number of hydrogen-bond donors (Lipinski definition) is 3. The summed E-state index contributed by atoms with van der Waals surface area (Å²) in [5.74, 6) is 1.07. The number of hydrogen-bond acceptors (Lipinski definition) is 4. The molecule has 1 atom stereocenters. The van der Waals surface area contributed by atoms with Crippen LogP contribution < -0.4 is 11.1 Å². The Morgan fingerprint density at radius 1 is 1.39 bits per heavy atom. The molecule has 0 bridgehead atoms. The number of aromatic nitrogens is 1. The van der Waals surface area contributed by atoms with Crippen LogP contribution in [-0.4, -0.2) is 22.7 Å². The summed E-state index contributed by atoms with van der Waals surface area (Å²) in [5.41, 5.74) is 5.50. The zero-order chi connectivity index (χ0) is 13.0. The maximum absolute atomic E-state index is 9.56. The van der Waals surface area contributed by atoms with Gasteiger partial charge in [0, 0.05) is 17.6 Å². The van der Waals surface area contributed by atoms with Gasteiger partial charge in [0.1, 0.15) is 11.6 Å². The van der Waals surface area contributed by atoms with E-state index in [0.29, 0.717) is 12.6 Å². The van der Waals surface area contributed by atoms with Crippen molar-refractivity contribution in [2.24, 2.45) is 5.73 Å². The number of fused-ring (bicyclic) bond motifs is 1. The summed E-state index contributed by atoms with van der Waals surface area (Å²) in [6.45, 7) is 2.81. The van der Waals surface area contributed by atoms with Crippen molar-refractivity contribution in [1.82, 2.24) is 4.98 Å². The SMILES string of the molecule is CC(CCCN)Nc1nccc2ccc(O)cc12. The van der Waals surface area contributed by atoms with Crippen LogP contribution in [0.15, 0.2) is 30.5 Å². The Kier molecular flexibility index (Phi) is 3.99. The summed E-state index contributed by atoms with van der Waals surface area (Å²) < 4.78 is 0. The second-order valence-corrected chi connectivity index (χ2v) is 4.54. The third kappa shape index (κ3) is 2.90. The molecule has 0 spiro atoms. The number of nitrogens with two attached hydrogens (primary N) is 1. The second kappa shape index (κ2) is 5.69. The smallest absolute Gasteiger partial charge is 0.134 e. The van der Waals surface area contributed by atoms with Crippen LogP contribution in [0.25, 0.3) is 10.8 Å². The van der Waals surface area contributed by atoms with E-state index in [9.17, 15) is 5.11 Å². The molecule has 4 nitrogen and oxygen atoms in total. The molecule has 2 rings (SSSR count). The van der Waals surface area contributed by atoms with E-state index in [1.807, 2.05) is 12.1 Å². The maximum Gasteiger partial charge on any atom is 0.134 e. The lowest BCUT2D eigenvalue weighted by Crippen LogP contribution is -2.17. The van der Waals surface area contributed by atoms with Gasteiger partial charge in [0.15, 0.2) is 0 Å². The van der Waals surface area contributed by atoms with Crippen LogP contribution in [0, 0.1) is 0 Å². The van der Waals surface area contributed by atoms with Crippen molar-refractivity contribution in [3.8, 4) is 5.75 Å². The lowest BCUT2D eigenvalue weighted by Gasteiger charge is -2.15. The van der Waals surface area contributed by atoms with Gasteiger partial charge in [0.05, 0.1) is 0 Å². The predicted molar refractivity (Wildman–Crippen MR) is 74.8 cm³/mol. The zero-order valence-corrected chi connectivity index (χ0v) is 10.6. The lowest BCUT2D eigenvalue weighted by molar-refractivity contribution is 0.476. The summed E-state index contributed by atoms with van der Waals surface area (Å²) in [4.78, 5) is 4.34. The van der Waals surface area contributed by atoms with Gasteiger partial charge in [-0.2, -0.15) is 0 Å². The van der Waals surface area contributed by atoms with E-state index in [-0.39, 0.29) is 5.75 Å². The summed E-state index contributed by atoms with van der Waals surface area (Å²) in [7, 11) is 0. The summed E-state index contributed by atoms with van der Waals surface area (Å²) in [6.07, 6.45) is 3.77. The maximum atomic E-state index is 9.56. The minimum Gasteiger partial charge on any atom is -0.508 e. The molecule has 0 aliphatic heterocycles. The molecule has 0 saturated carbocycles. The number of pyridine rings is 1. The van der Waals surface area contributed by atoms with Crippen LogP contribution in [0.5, 0.6) is 5.75 Å². The fourth-order valence-corrected chi connectivity index (χ4v) is 2.00. The molecule has 18 heavy (non-hydrogen) atoms. The van der Waals surface area contributed by atoms with Crippen LogP contribution in [0.1, 0.15) is 19.8 Å². The molecular formula is C14H19N3O. The number of nitrogens with one attached hydrogen (secondary N) is 1. The highest BCUT2D eigenvalue weighted by Crippen LogP contribution is 2.25. The Hall–Kier alpha value is -1.81. The minimum atomic E-state index is 0.258. The van der Waals surface area contributed by atoms with Gasteiger partial charge in [-0.1, -0.05) is 6.07 Å². The molecule has 0 aliphatic carbocycles. The van der Waals surface area contributed by atoms with Crippen molar-refractivity contribution in [3.63, 3.8) is 0 Å². The van der Waals surface area contributed by atoms with E-state index < -0.39 is 0 Å². The first-order valence-electron chi connectivity index (χ1n) is 6.25. The molecule has 4 heteroatoms. The molecule has 0 fully saturated rings. The molecule has 0 aliphatic rings. The highest BCUT2D eigenvalue weighted by Gasteiger charge is 2.06. The van der Waals surface area contributed by atoms with Gasteiger partial charge in [0.25, 0.3) is 0 Å². The molecule has 4 N–H and O–H groups in total. The minimum absolute atomic E-state index is 0.258. The van der Waals surface area contributed by atoms with Crippen LogP contribution in [0.3, 0.4) is 0 Å².